The SMILES string of the molecule is O=P([O-])([O-])[O-].O=P([O-])([O-])[O-].[Ca+2].[H+].[H+].[H+].[Na+]. The van der Waals surface area contributed by atoms with Crippen molar-refractivity contribution in [3.05, 3.63) is 0 Å². The topological polar surface area (TPSA) is 172 Å². The molecule has 0 amide bonds. The van der Waals surface area contributed by atoms with Gasteiger partial charge in [0.15, 0.2) is 0 Å². The summed E-state index contributed by atoms with van der Waals surface area (Å²) in [5, 5.41) is 0. The summed E-state index contributed by atoms with van der Waals surface area (Å²) in [7, 11) is -10.8. The number of rotatable bonds is 0. The first-order chi connectivity index (χ1) is 4.00. The van der Waals surface area contributed by atoms with Gasteiger partial charge in [-0.3, -0.25) is 0 Å². The van der Waals surface area contributed by atoms with Gasteiger partial charge in [0.25, 0.3) is 0 Å². The van der Waals surface area contributed by atoms with Crippen LogP contribution in [0.3, 0.4) is 0 Å². The fourth-order valence-electron chi connectivity index (χ4n) is 0. The van der Waals surface area contributed by atoms with Crippen molar-refractivity contribution in [2.75, 3.05) is 0 Å². The van der Waals surface area contributed by atoms with Gasteiger partial charge in [0.1, 0.15) is 0 Å². The van der Waals surface area contributed by atoms with Gasteiger partial charge in [0, 0.05) is 0 Å². The first kappa shape index (κ1) is 24.0. The third-order valence-corrected chi connectivity index (χ3v) is 0. The molecule has 0 spiro atoms. The largest absolute Gasteiger partial charge is 2.00 e. The van der Waals surface area contributed by atoms with Crippen molar-refractivity contribution in [3.8, 4) is 0 Å². The molecule has 0 saturated heterocycles. The Morgan fingerprint density at radius 2 is 0.750 bits per heavy atom. The number of phosphoric acid groups is 2. The van der Waals surface area contributed by atoms with E-state index in [1.807, 2.05) is 0 Å². The van der Waals surface area contributed by atoms with Gasteiger partial charge < -0.3 is 38.5 Å². The molecule has 0 rings (SSSR count). The molecule has 0 radical (unpaired) electrons. The van der Waals surface area contributed by atoms with E-state index in [9.17, 15) is 0 Å². The zero-order valence-electron chi connectivity index (χ0n) is 8.87. The third-order valence-electron chi connectivity index (χ3n) is 0. The molecule has 0 aromatic rings. The molecule has 0 aromatic carbocycles. The maximum atomic E-state index is 8.55. The van der Waals surface area contributed by atoms with E-state index in [1.165, 1.54) is 0 Å². The Morgan fingerprint density at radius 3 is 0.750 bits per heavy atom. The van der Waals surface area contributed by atoms with Crippen molar-refractivity contribution < 1.29 is 72.3 Å². The minimum atomic E-state index is -5.39. The summed E-state index contributed by atoms with van der Waals surface area (Å²) in [6.07, 6.45) is 0. The molecule has 64 valence electrons. The summed E-state index contributed by atoms with van der Waals surface area (Å²) in [5.74, 6) is 0. The van der Waals surface area contributed by atoms with E-state index < -0.39 is 15.6 Å². The van der Waals surface area contributed by atoms with Crippen LogP contribution in [-0.4, -0.2) is 37.7 Å². The van der Waals surface area contributed by atoms with Gasteiger partial charge in [-0.1, -0.05) is 0 Å². The molecule has 0 aromatic heterocycles. The van der Waals surface area contributed by atoms with Crippen LogP contribution in [0.4, 0.5) is 0 Å². The predicted octanol–water partition coefficient (Wildman–Crippen LogP) is -8.69. The van der Waals surface area contributed by atoms with Crippen LogP contribution in [0.1, 0.15) is 4.28 Å². The van der Waals surface area contributed by atoms with Gasteiger partial charge in [-0.25, -0.2) is 0 Å². The molecule has 0 saturated carbocycles. The number of hydrogen-bond acceptors (Lipinski definition) is 8. The van der Waals surface area contributed by atoms with E-state index in [-0.39, 0.29) is 71.6 Å². The van der Waals surface area contributed by atoms with Gasteiger partial charge in [0.05, 0.1) is 0 Å². The second-order valence-corrected chi connectivity index (χ2v) is 2.68. The Kier molecular flexibility index (Phi) is 20.0. The zero-order chi connectivity index (χ0) is 9.00. The molecule has 0 aliphatic rings. The standard InChI is InChI=1S/Ca.Na.2H3O4P/c;;2*1-5(2,3)4/h;;2*(H3,1,2,3,4)/q+2;+1;;/p-3. The predicted molar refractivity (Wildman–Crippen MR) is 24.3 cm³/mol. The van der Waals surface area contributed by atoms with Crippen LogP contribution in [0.15, 0.2) is 0 Å². The van der Waals surface area contributed by atoms with Crippen molar-refractivity contribution >= 4 is 53.4 Å². The molecule has 0 bridgehead atoms. The Balaban J connectivity index is -0.0000000128. The zero-order valence-corrected chi connectivity index (χ0v) is 11.9. The molecule has 0 heterocycles. The molecule has 8 nitrogen and oxygen atoms in total. The van der Waals surface area contributed by atoms with Crippen molar-refractivity contribution in [3.63, 3.8) is 0 Å². The molecule has 0 N–H and O–H groups in total. The first-order valence-electron chi connectivity index (χ1n) is 1.46. The fraction of sp³-hybridized carbons (Fsp3) is 0. The van der Waals surface area contributed by atoms with E-state index in [2.05, 4.69) is 0 Å². The summed E-state index contributed by atoms with van der Waals surface area (Å²) in [4.78, 5) is 51.3. The van der Waals surface area contributed by atoms with Gasteiger partial charge in [-0.15, -0.1) is 0 Å². The third kappa shape index (κ3) is 267. The molecule has 0 atom stereocenters. The van der Waals surface area contributed by atoms with Gasteiger partial charge in [-0.05, 0) is 0 Å². The van der Waals surface area contributed by atoms with E-state index in [0.29, 0.717) is 0 Å². The van der Waals surface area contributed by atoms with Crippen LogP contribution in [0, 0.1) is 0 Å². The molecule has 0 fully saturated rings. The Labute approximate surface area is 124 Å². The first-order valence-corrected chi connectivity index (χ1v) is 4.38. The molecular formula is H3CaNaO8P2. The smallest absolute Gasteiger partial charge is 0.822 e. The normalized spacial score (nSPS) is 9.83. The maximum Gasteiger partial charge on any atom is 2.00 e. The van der Waals surface area contributed by atoms with Crippen molar-refractivity contribution in [2.45, 2.75) is 0 Å². The van der Waals surface area contributed by atoms with Gasteiger partial charge in [-0.2, -0.15) is 15.6 Å². The van der Waals surface area contributed by atoms with Gasteiger partial charge >= 0.3 is 71.6 Å². The van der Waals surface area contributed by atoms with Crippen molar-refractivity contribution in [2.24, 2.45) is 0 Å². The molecular weight excluding hydrogens is 253 g/mol. The Morgan fingerprint density at radius 1 is 0.750 bits per heavy atom. The maximum absolute atomic E-state index is 8.55. The minimum absolute atomic E-state index is 0. The second kappa shape index (κ2) is 10.0. The van der Waals surface area contributed by atoms with Crippen LogP contribution in [0.25, 0.3) is 0 Å². The van der Waals surface area contributed by atoms with E-state index in [4.69, 9.17) is 38.5 Å². The Bertz CT molecular complexity index is 140. The van der Waals surface area contributed by atoms with Crippen molar-refractivity contribution in [1.29, 1.82) is 0 Å². The van der Waals surface area contributed by atoms with Crippen LogP contribution >= 0.6 is 15.6 Å². The average Bonchev–Trinajstić information content (AvgIpc) is 1.12. The fourth-order valence-corrected chi connectivity index (χ4v) is 0. The van der Waals surface area contributed by atoms with E-state index >= 15 is 0 Å². The van der Waals surface area contributed by atoms with Crippen LogP contribution in [0.5, 0.6) is 0 Å². The quantitative estimate of drug-likeness (QED) is 0.303. The Hall–Kier alpha value is 2.48. The summed E-state index contributed by atoms with van der Waals surface area (Å²) in [6.45, 7) is 0. The monoisotopic (exact) mass is 256 g/mol. The molecule has 12 heteroatoms. The second-order valence-electron chi connectivity index (χ2n) is 0.894. The molecule has 12 heavy (non-hydrogen) atoms. The van der Waals surface area contributed by atoms with Crippen molar-refractivity contribution in [1.82, 2.24) is 0 Å². The molecule has 0 unspecified atom stereocenters. The minimum Gasteiger partial charge on any atom is -0.822 e. The van der Waals surface area contributed by atoms with E-state index in [1.54, 1.807) is 0 Å². The van der Waals surface area contributed by atoms with E-state index in [0.717, 1.165) is 0 Å². The van der Waals surface area contributed by atoms with Crippen LogP contribution in [-0.2, 0) is 9.13 Å². The van der Waals surface area contributed by atoms with Gasteiger partial charge in [0.2, 0.25) is 0 Å². The van der Waals surface area contributed by atoms with Crippen LogP contribution in [0.2, 0.25) is 0 Å². The summed E-state index contributed by atoms with van der Waals surface area (Å²) in [5.41, 5.74) is 0. The summed E-state index contributed by atoms with van der Waals surface area (Å²) >= 11 is 0. The average molecular weight is 256 g/mol. The summed E-state index contributed by atoms with van der Waals surface area (Å²) < 4.78 is 17.1. The molecule has 0 aliphatic carbocycles. The number of hydrogen-bond donors (Lipinski definition) is 0. The summed E-state index contributed by atoms with van der Waals surface area (Å²) in [6, 6.07) is 0. The van der Waals surface area contributed by atoms with Crippen LogP contribution < -0.4 is 58.9 Å². The molecule has 0 aliphatic heterocycles.